The van der Waals surface area contributed by atoms with Crippen molar-refractivity contribution in [1.29, 1.82) is 0 Å². The van der Waals surface area contributed by atoms with E-state index in [1.165, 1.54) is 25.3 Å². The zero-order valence-corrected chi connectivity index (χ0v) is 18.5. The summed E-state index contributed by atoms with van der Waals surface area (Å²) in [7, 11) is 1.43. The molecule has 2 amide bonds. The Kier molecular flexibility index (Phi) is 8.05. The fourth-order valence-corrected chi connectivity index (χ4v) is 3.16. The van der Waals surface area contributed by atoms with E-state index >= 15 is 0 Å². The Balaban J connectivity index is 1.64. The number of amides is 2. The maximum absolute atomic E-state index is 14.0. The van der Waals surface area contributed by atoms with Gasteiger partial charge < -0.3 is 20.1 Å². The van der Waals surface area contributed by atoms with Crippen molar-refractivity contribution in [3.8, 4) is 5.75 Å². The lowest BCUT2D eigenvalue weighted by atomic mass is 10.2. The molecule has 9 heteroatoms. The normalized spacial score (nSPS) is 10.5. The molecule has 0 radical (unpaired) electrons. The van der Waals surface area contributed by atoms with Crippen LogP contribution in [0.5, 0.6) is 5.75 Å². The van der Waals surface area contributed by atoms with Gasteiger partial charge in [0.05, 0.1) is 25.0 Å². The summed E-state index contributed by atoms with van der Waals surface area (Å²) >= 11 is 11.8. The first kappa shape index (κ1) is 23.5. The highest BCUT2D eigenvalue weighted by atomic mass is 35.5. The van der Waals surface area contributed by atoms with E-state index in [4.69, 9.17) is 32.7 Å². The highest BCUT2D eigenvalue weighted by Gasteiger charge is 2.15. The molecule has 3 rings (SSSR count). The van der Waals surface area contributed by atoms with Crippen molar-refractivity contribution < 1.29 is 23.5 Å². The van der Waals surface area contributed by atoms with Gasteiger partial charge in [0, 0.05) is 15.7 Å². The molecule has 0 unspecified atom stereocenters. The van der Waals surface area contributed by atoms with Crippen molar-refractivity contribution in [3.05, 3.63) is 87.7 Å². The minimum absolute atomic E-state index is 0.179. The lowest BCUT2D eigenvalue weighted by Crippen LogP contribution is -2.19. The highest BCUT2D eigenvalue weighted by molar-refractivity contribution is 6.31. The Morgan fingerprint density at radius 1 is 1.00 bits per heavy atom. The van der Waals surface area contributed by atoms with Crippen LogP contribution in [0.15, 0.2) is 60.7 Å². The molecule has 0 bridgehead atoms. The lowest BCUT2D eigenvalue weighted by Gasteiger charge is -2.13. The van der Waals surface area contributed by atoms with Gasteiger partial charge in [-0.25, -0.2) is 4.39 Å². The third kappa shape index (κ3) is 6.20. The summed E-state index contributed by atoms with van der Waals surface area (Å²) in [6.07, 6.45) is 0. The Hall–Kier alpha value is -3.13. The standard InChI is InChI=1S/C23H19Cl2FN2O4/c1-31-21-9-7-16(27-22(29)13-32-12-14-4-2-3-5-18(14)25)11-20(21)28-23(30)17-8-6-15(24)10-19(17)26/h2-11H,12-13H2,1H3,(H,27,29)(H,28,30). The average molecular weight is 477 g/mol. The van der Waals surface area contributed by atoms with E-state index in [2.05, 4.69) is 10.6 Å². The molecule has 32 heavy (non-hydrogen) atoms. The van der Waals surface area contributed by atoms with Crippen molar-refractivity contribution >= 4 is 46.4 Å². The molecule has 0 aliphatic carbocycles. The van der Waals surface area contributed by atoms with E-state index in [1.807, 2.05) is 12.1 Å². The number of halogens is 3. The number of carbonyl (C=O) groups is 2. The van der Waals surface area contributed by atoms with Crippen LogP contribution in [0.25, 0.3) is 0 Å². The number of ether oxygens (including phenoxy) is 2. The minimum atomic E-state index is -0.755. The first-order chi connectivity index (χ1) is 15.4. The molecule has 166 valence electrons. The molecule has 0 atom stereocenters. The molecule has 2 N–H and O–H groups in total. The maximum atomic E-state index is 14.0. The minimum Gasteiger partial charge on any atom is -0.495 e. The van der Waals surface area contributed by atoms with Crippen LogP contribution in [0, 0.1) is 5.82 Å². The fraction of sp³-hybridized carbons (Fsp3) is 0.130. The van der Waals surface area contributed by atoms with Gasteiger partial charge in [-0.1, -0.05) is 41.4 Å². The third-order valence-electron chi connectivity index (χ3n) is 4.36. The number of hydrogen-bond donors (Lipinski definition) is 2. The molecule has 0 heterocycles. The van der Waals surface area contributed by atoms with Gasteiger partial charge in [0.25, 0.3) is 5.91 Å². The predicted octanol–water partition coefficient (Wildman–Crippen LogP) is 5.55. The SMILES string of the molecule is COc1ccc(NC(=O)COCc2ccccc2Cl)cc1NC(=O)c1ccc(Cl)cc1F. The number of rotatable bonds is 8. The van der Waals surface area contributed by atoms with Gasteiger partial charge in [0.15, 0.2) is 0 Å². The summed E-state index contributed by atoms with van der Waals surface area (Å²) in [6.45, 7) is -0.0153. The van der Waals surface area contributed by atoms with Crippen LogP contribution in [0.2, 0.25) is 10.0 Å². The molecule has 0 aliphatic rings. The van der Waals surface area contributed by atoms with Crippen molar-refractivity contribution in [2.45, 2.75) is 6.61 Å². The number of anilines is 2. The van der Waals surface area contributed by atoms with Crippen LogP contribution in [-0.2, 0) is 16.1 Å². The van der Waals surface area contributed by atoms with E-state index in [0.29, 0.717) is 16.5 Å². The monoisotopic (exact) mass is 476 g/mol. The number of carbonyl (C=O) groups excluding carboxylic acids is 2. The van der Waals surface area contributed by atoms with Crippen LogP contribution in [0.1, 0.15) is 15.9 Å². The topological polar surface area (TPSA) is 76.7 Å². The van der Waals surface area contributed by atoms with Gasteiger partial charge in [0.2, 0.25) is 5.91 Å². The van der Waals surface area contributed by atoms with Crippen LogP contribution < -0.4 is 15.4 Å². The summed E-state index contributed by atoms with van der Waals surface area (Å²) < 4.78 is 24.7. The molecule has 3 aromatic rings. The second-order valence-electron chi connectivity index (χ2n) is 6.63. The van der Waals surface area contributed by atoms with E-state index in [1.54, 1.807) is 24.3 Å². The van der Waals surface area contributed by atoms with Gasteiger partial charge in [0.1, 0.15) is 18.2 Å². The number of benzene rings is 3. The molecular formula is C23H19Cl2FN2O4. The molecule has 0 aliphatic heterocycles. The van der Waals surface area contributed by atoms with Gasteiger partial charge in [-0.2, -0.15) is 0 Å². The Bertz CT molecular complexity index is 1140. The molecule has 0 saturated heterocycles. The van der Waals surface area contributed by atoms with Gasteiger partial charge in [-0.15, -0.1) is 0 Å². The zero-order valence-electron chi connectivity index (χ0n) is 17.0. The summed E-state index contributed by atoms with van der Waals surface area (Å²) in [5.41, 5.74) is 1.23. The molecule has 0 spiro atoms. The van der Waals surface area contributed by atoms with Crippen molar-refractivity contribution in [2.24, 2.45) is 0 Å². The number of methoxy groups -OCH3 is 1. The summed E-state index contributed by atoms with van der Waals surface area (Å²) in [4.78, 5) is 24.7. The molecule has 0 fully saturated rings. The summed E-state index contributed by atoms with van der Waals surface area (Å²) in [5, 5.41) is 5.98. The largest absolute Gasteiger partial charge is 0.495 e. The van der Waals surface area contributed by atoms with Crippen LogP contribution in [0.4, 0.5) is 15.8 Å². The van der Waals surface area contributed by atoms with E-state index in [0.717, 1.165) is 11.6 Å². The fourth-order valence-electron chi connectivity index (χ4n) is 2.81. The van der Waals surface area contributed by atoms with Gasteiger partial charge in [-0.05, 0) is 48.0 Å². The zero-order chi connectivity index (χ0) is 23.1. The van der Waals surface area contributed by atoms with E-state index < -0.39 is 17.6 Å². The molecule has 6 nitrogen and oxygen atoms in total. The van der Waals surface area contributed by atoms with E-state index in [9.17, 15) is 14.0 Å². The van der Waals surface area contributed by atoms with Crippen LogP contribution in [-0.4, -0.2) is 25.5 Å². The molecule has 0 saturated carbocycles. The van der Waals surface area contributed by atoms with Crippen LogP contribution in [0.3, 0.4) is 0 Å². The Morgan fingerprint density at radius 3 is 2.50 bits per heavy atom. The van der Waals surface area contributed by atoms with Gasteiger partial charge >= 0.3 is 0 Å². The summed E-state index contributed by atoms with van der Waals surface area (Å²) in [6, 6.07) is 15.6. The Morgan fingerprint density at radius 2 is 1.78 bits per heavy atom. The lowest BCUT2D eigenvalue weighted by molar-refractivity contribution is -0.121. The van der Waals surface area contributed by atoms with Crippen LogP contribution >= 0.6 is 23.2 Å². The molecule has 3 aromatic carbocycles. The van der Waals surface area contributed by atoms with Crippen molar-refractivity contribution in [3.63, 3.8) is 0 Å². The second-order valence-corrected chi connectivity index (χ2v) is 7.47. The first-order valence-electron chi connectivity index (χ1n) is 9.43. The van der Waals surface area contributed by atoms with Crippen molar-refractivity contribution in [1.82, 2.24) is 0 Å². The number of hydrogen-bond acceptors (Lipinski definition) is 4. The average Bonchev–Trinajstić information content (AvgIpc) is 2.75. The first-order valence-corrected chi connectivity index (χ1v) is 10.2. The highest BCUT2D eigenvalue weighted by Crippen LogP contribution is 2.29. The Labute approximate surface area is 194 Å². The third-order valence-corrected chi connectivity index (χ3v) is 4.96. The molecular weight excluding hydrogens is 458 g/mol. The molecule has 0 aromatic heterocycles. The van der Waals surface area contributed by atoms with Crippen molar-refractivity contribution in [2.75, 3.05) is 24.4 Å². The smallest absolute Gasteiger partial charge is 0.258 e. The maximum Gasteiger partial charge on any atom is 0.258 e. The quantitative estimate of drug-likeness (QED) is 0.446. The van der Waals surface area contributed by atoms with E-state index in [-0.39, 0.29) is 29.5 Å². The predicted molar refractivity (Wildman–Crippen MR) is 122 cm³/mol. The van der Waals surface area contributed by atoms with Gasteiger partial charge in [-0.3, -0.25) is 9.59 Å². The number of nitrogens with one attached hydrogen (secondary N) is 2. The second kappa shape index (κ2) is 10.9. The summed E-state index contributed by atoms with van der Waals surface area (Å²) in [5.74, 6) is -1.51.